The Balaban J connectivity index is 2.16. The van der Waals surface area contributed by atoms with Crippen LogP contribution in [0.25, 0.3) is 10.9 Å². The Bertz CT molecular complexity index is 700. The number of aromatic nitrogens is 1. The molecule has 23 heavy (non-hydrogen) atoms. The summed E-state index contributed by atoms with van der Waals surface area (Å²) >= 11 is 1.38. The predicted molar refractivity (Wildman–Crippen MR) is 96.9 cm³/mol. The van der Waals surface area contributed by atoms with Gasteiger partial charge < -0.3 is 10.1 Å². The van der Waals surface area contributed by atoms with Gasteiger partial charge in [-0.15, -0.1) is 11.8 Å². The Morgan fingerprint density at radius 1 is 1.39 bits per heavy atom. The molecule has 1 aromatic heterocycles. The van der Waals surface area contributed by atoms with E-state index in [9.17, 15) is 4.79 Å². The molecular formula is C18H24N2O2S. The minimum Gasteiger partial charge on any atom is -0.470 e. The van der Waals surface area contributed by atoms with Gasteiger partial charge in [-0.3, -0.25) is 9.78 Å². The zero-order valence-electron chi connectivity index (χ0n) is 14.3. The third-order valence-corrected chi connectivity index (χ3v) is 4.54. The number of ether oxygens (including phenoxy) is 1. The lowest BCUT2D eigenvalue weighted by atomic mass is 10.0. The molecule has 0 aliphatic rings. The number of nitrogens with one attached hydrogen (secondary N) is 1. The summed E-state index contributed by atoms with van der Waals surface area (Å²) < 4.78 is 5.89. The van der Waals surface area contributed by atoms with Crippen molar-refractivity contribution < 1.29 is 9.53 Å². The van der Waals surface area contributed by atoms with Gasteiger partial charge in [0, 0.05) is 17.1 Å². The molecule has 0 bridgehead atoms. The fourth-order valence-corrected chi connectivity index (χ4v) is 2.59. The molecule has 0 aliphatic heterocycles. The summed E-state index contributed by atoms with van der Waals surface area (Å²) in [7, 11) is 0. The second-order valence-corrected chi connectivity index (χ2v) is 7.18. The summed E-state index contributed by atoms with van der Waals surface area (Å²) in [6.07, 6.45) is 4.57. The van der Waals surface area contributed by atoms with Crippen molar-refractivity contribution in [1.29, 1.82) is 0 Å². The summed E-state index contributed by atoms with van der Waals surface area (Å²) in [5.74, 6) is 0.570. The summed E-state index contributed by atoms with van der Waals surface area (Å²) in [6, 6.07) is 7.75. The fraction of sp³-hybridized carbons (Fsp3) is 0.444. The maximum atomic E-state index is 12.4. The van der Waals surface area contributed by atoms with Gasteiger partial charge in [-0.25, -0.2) is 0 Å². The van der Waals surface area contributed by atoms with E-state index in [1.54, 1.807) is 0 Å². The zero-order valence-corrected chi connectivity index (χ0v) is 15.2. The van der Waals surface area contributed by atoms with Gasteiger partial charge in [0.1, 0.15) is 5.75 Å². The molecule has 0 radical (unpaired) electrons. The van der Waals surface area contributed by atoms with Gasteiger partial charge in [-0.1, -0.05) is 6.92 Å². The molecular weight excluding hydrogens is 308 g/mol. The summed E-state index contributed by atoms with van der Waals surface area (Å²) in [5, 5.41) is 4.04. The summed E-state index contributed by atoms with van der Waals surface area (Å²) in [6.45, 7) is 8.07. The topological polar surface area (TPSA) is 51.2 Å². The Labute approximate surface area is 142 Å². The van der Waals surface area contributed by atoms with Crippen LogP contribution >= 0.6 is 11.8 Å². The number of thioether (sulfide) groups is 1. The van der Waals surface area contributed by atoms with Crippen LogP contribution in [0, 0.1) is 6.92 Å². The van der Waals surface area contributed by atoms with Crippen LogP contribution in [0.3, 0.4) is 0 Å². The van der Waals surface area contributed by atoms with E-state index in [2.05, 4.69) is 16.4 Å². The van der Waals surface area contributed by atoms with Crippen molar-refractivity contribution in [1.82, 2.24) is 10.3 Å². The quantitative estimate of drug-likeness (QED) is 0.815. The Morgan fingerprint density at radius 3 is 2.78 bits per heavy atom. The predicted octanol–water partition coefficient (Wildman–Crippen LogP) is 3.92. The molecule has 1 aromatic carbocycles. The Morgan fingerprint density at radius 2 is 2.13 bits per heavy atom. The van der Waals surface area contributed by atoms with Crippen molar-refractivity contribution in [3.8, 4) is 5.75 Å². The van der Waals surface area contributed by atoms with Crippen LogP contribution in [0.1, 0.15) is 32.8 Å². The molecule has 2 aromatic rings. The van der Waals surface area contributed by atoms with E-state index in [0.29, 0.717) is 5.75 Å². The van der Waals surface area contributed by atoms with Gasteiger partial charge >= 0.3 is 0 Å². The van der Waals surface area contributed by atoms with Crippen LogP contribution in [0.15, 0.2) is 30.5 Å². The number of benzene rings is 1. The SMILES string of the molecule is CCC(C)(C)NC(=O)C(Oc1ccc2ncc(C)cc2c1)SC. The molecule has 4 nitrogen and oxygen atoms in total. The molecule has 124 valence electrons. The lowest BCUT2D eigenvalue weighted by molar-refractivity contribution is -0.126. The van der Waals surface area contributed by atoms with E-state index >= 15 is 0 Å². The van der Waals surface area contributed by atoms with E-state index in [1.807, 2.05) is 58.3 Å². The molecule has 0 saturated carbocycles. The van der Waals surface area contributed by atoms with Crippen LogP contribution in [-0.4, -0.2) is 28.1 Å². The molecule has 1 N–H and O–H groups in total. The first kappa shape index (κ1) is 17.6. The lowest BCUT2D eigenvalue weighted by Gasteiger charge is -2.27. The van der Waals surface area contributed by atoms with Gasteiger partial charge in [-0.05, 0) is 63.3 Å². The first-order chi connectivity index (χ1) is 10.8. The molecule has 0 fully saturated rings. The number of carbonyl (C=O) groups excluding carboxylic acids is 1. The van der Waals surface area contributed by atoms with E-state index < -0.39 is 5.44 Å². The first-order valence-electron chi connectivity index (χ1n) is 7.72. The van der Waals surface area contributed by atoms with Crippen molar-refractivity contribution in [2.75, 3.05) is 6.26 Å². The highest BCUT2D eigenvalue weighted by Crippen LogP contribution is 2.23. The van der Waals surface area contributed by atoms with Crippen molar-refractivity contribution >= 4 is 28.6 Å². The van der Waals surface area contributed by atoms with E-state index in [4.69, 9.17) is 4.74 Å². The number of fused-ring (bicyclic) bond motifs is 1. The van der Waals surface area contributed by atoms with Crippen LogP contribution in [-0.2, 0) is 4.79 Å². The average Bonchev–Trinajstić information content (AvgIpc) is 2.51. The smallest absolute Gasteiger partial charge is 0.272 e. The van der Waals surface area contributed by atoms with Gasteiger partial charge in [0.2, 0.25) is 5.44 Å². The zero-order chi connectivity index (χ0) is 17.0. The molecule has 1 atom stereocenters. The molecule has 0 spiro atoms. The van der Waals surface area contributed by atoms with Crippen molar-refractivity contribution in [3.05, 3.63) is 36.0 Å². The van der Waals surface area contributed by atoms with Crippen molar-refractivity contribution in [2.24, 2.45) is 0 Å². The van der Waals surface area contributed by atoms with Crippen LogP contribution in [0.4, 0.5) is 0 Å². The second kappa shape index (κ2) is 7.21. The molecule has 1 amide bonds. The van der Waals surface area contributed by atoms with E-state index in [1.165, 1.54) is 11.8 Å². The average molecular weight is 332 g/mol. The number of hydrogen-bond acceptors (Lipinski definition) is 4. The van der Waals surface area contributed by atoms with Gasteiger partial charge in [-0.2, -0.15) is 0 Å². The first-order valence-corrected chi connectivity index (χ1v) is 9.01. The number of amides is 1. The lowest BCUT2D eigenvalue weighted by Crippen LogP contribution is -2.48. The van der Waals surface area contributed by atoms with Gasteiger partial charge in [0.25, 0.3) is 5.91 Å². The minimum atomic E-state index is -0.573. The number of nitrogens with zero attached hydrogens (tertiary/aromatic N) is 1. The molecule has 5 heteroatoms. The van der Waals surface area contributed by atoms with E-state index in [0.717, 1.165) is 22.9 Å². The van der Waals surface area contributed by atoms with Crippen LogP contribution in [0.5, 0.6) is 5.75 Å². The molecule has 0 aliphatic carbocycles. The third-order valence-electron chi connectivity index (χ3n) is 3.81. The Hall–Kier alpha value is -1.75. The molecule has 1 heterocycles. The fourth-order valence-electron chi connectivity index (χ4n) is 2.11. The largest absolute Gasteiger partial charge is 0.470 e. The standard InChI is InChI=1S/C18H24N2O2S/c1-6-18(3,4)20-16(21)17(23-5)22-14-7-8-15-13(10-14)9-12(2)11-19-15/h7-11,17H,6H2,1-5H3,(H,20,21). The highest BCUT2D eigenvalue weighted by atomic mass is 32.2. The summed E-state index contributed by atoms with van der Waals surface area (Å²) in [4.78, 5) is 16.8. The maximum Gasteiger partial charge on any atom is 0.272 e. The summed E-state index contributed by atoms with van der Waals surface area (Å²) in [5.41, 5.74) is 1.20. The number of carbonyl (C=O) groups is 1. The normalized spacial score (nSPS) is 12.9. The van der Waals surface area contributed by atoms with Crippen LogP contribution in [0.2, 0.25) is 0 Å². The van der Waals surface area contributed by atoms with Crippen LogP contribution < -0.4 is 10.1 Å². The molecule has 0 saturated heterocycles. The van der Waals surface area contributed by atoms with Crippen molar-refractivity contribution in [2.45, 2.75) is 45.1 Å². The highest BCUT2D eigenvalue weighted by Gasteiger charge is 2.25. The third kappa shape index (κ3) is 4.61. The number of aryl methyl sites for hydroxylation is 1. The number of hydrogen-bond donors (Lipinski definition) is 1. The maximum absolute atomic E-state index is 12.4. The molecule has 2 rings (SSSR count). The monoisotopic (exact) mass is 332 g/mol. The second-order valence-electron chi connectivity index (χ2n) is 6.28. The Kier molecular flexibility index (Phi) is 5.52. The van der Waals surface area contributed by atoms with Crippen molar-refractivity contribution in [3.63, 3.8) is 0 Å². The van der Waals surface area contributed by atoms with E-state index in [-0.39, 0.29) is 11.4 Å². The van der Waals surface area contributed by atoms with Gasteiger partial charge in [0.05, 0.1) is 5.52 Å². The number of rotatable bonds is 6. The number of pyridine rings is 1. The molecule has 1 unspecified atom stereocenters. The minimum absolute atomic E-state index is 0.105. The highest BCUT2D eigenvalue weighted by molar-refractivity contribution is 7.99. The van der Waals surface area contributed by atoms with Gasteiger partial charge in [0.15, 0.2) is 0 Å².